The summed E-state index contributed by atoms with van der Waals surface area (Å²) in [6.45, 7) is 2.10. The molecule has 0 bridgehead atoms. The second-order valence-corrected chi connectivity index (χ2v) is 4.47. The molecule has 0 amide bonds. The molecule has 1 atom stereocenters. The molecular formula is C16H16N2O. The molecule has 1 heterocycles. The standard InChI is InChI=1S/C16H16N2O/c1-2-15(19-12-8-4-3-5-9-12)16-17-13-10-6-7-11-14(13)18-16/h3-11,15H,2H2,1H3,(H,17,18). The topological polar surface area (TPSA) is 37.9 Å². The largest absolute Gasteiger partial charge is 0.483 e. The van der Waals surface area contributed by atoms with Gasteiger partial charge in [0.05, 0.1) is 11.0 Å². The second-order valence-electron chi connectivity index (χ2n) is 4.47. The highest BCUT2D eigenvalue weighted by atomic mass is 16.5. The van der Waals surface area contributed by atoms with Crippen molar-refractivity contribution in [3.05, 3.63) is 60.4 Å². The first-order valence-corrected chi connectivity index (χ1v) is 6.53. The predicted octanol–water partition coefficient (Wildman–Crippen LogP) is 4.09. The Morgan fingerprint density at radius 2 is 1.79 bits per heavy atom. The minimum atomic E-state index is -0.0465. The maximum atomic E-state index is 5.99. The van der Waals surface area contributed by atoms with Crippen LogP contribution in [0.5, 0.6) is 5.75 Å². The molecule has 19 heavy (non-hydrogen) atoms. The van der Waals surface area contributed by atoms with Crippen molar-refractivity contribution in [2.24, 2.45) is 0 Å². The van der Waals surface area contributed by atoms with Crippen LogP contribution in [-0.4, -0.2) is 9.97 Å². The van der Waals surface area contributed by atoms with Crippen molar-refractivity contribution in [1.29, 1.82) is 0 Å². The maximum Gasteiger partial charge on any atom is 0.156 e. The first-order chi connectivity index (χ1) is 9.36. The van der Waals surface area contributed by atoms with Gasteiger partial charge in [0.2, 0.25) is 0 Å². The van der Waals surface area contributed by atoms with E-state index in [1.165, 1.54) is 0 Å². The smallest absolute Gasteiger partial charge is 0.156 e. The fraction of sp³-hybridized carbons (Fsp3) is 0.188. The van der Waals surface area contributed by atoms with Crippen molar-refractivity contribution in [3.8, 4) is 5.75 Å². The van der Waals surface area contributed by atoms with Crippen LogP contribution in [0.4, 0.5) is 0 Å². The molecule has 1 aromatic heterocycles. The van der Waals surface area contributed by atoms with Crippen molar-refractivity contribution in [2.75, 3.05) is 0 Å². The van der Waals surface area contributed by atoms with Gasteiger partial charge in [-0.2, -0.15) is 0 Å². The van der Waals surface area contributed by atoms with Gasteiger partial charge in [0.15, 0.2) is 6.10 Å². The Morgan fingerprint density at radius 3 is 2.53 bits per heavy atom. The molecule has 0 radical (unpaired) electrons. The zero-order valence-electron chi connectivity index (χ0n) is 10.8. The third kappa shape index (κ3) is 2.45. The molecule has 0 aliphatic heterocycles. The Bertz CT molecular complexity index is 628. The number of fused-ring (bicyclic) bond motifs is 1. The number of nitrogens with one attached hydrogen (secondary N) is 1. The highest BCUT2D eigenvalue weighted by molar-refractivity contribution is 5.74. The van der Waals surface area contributed by atoms with E-state index in [4.69, 9.17) is 4.74 Å². The molecule has 0 aliphatic rings. The van der Waals surface area contributed by atoms with Crippen LogP contribution in [0.15, 0.2) is 54.6 Å². The lowest BCUT2D eigenvalue weighted by atomic mass is 10.2. The predicted molar refractivity (Wildman–Crippen MR) is 76.2 cm³/mol. The molecule has 3 rings (SSSR count). The molecule has 0 fully saturated rings. The lowest BCUT2D eigenvalue weighted by Crippen LogP contribution is -2.08. The average molecular weight is 252 g/mol. The molecule has 3 heteroatoms. The van der Waals surface area contributed by atoms with Crippen LogP contribution in [-0.2, 0) is 0 Å². The number of ether oxygens (including phenoxy) is 1. The van der Waals surface area contributed by atoms with Crippen LogP contribution in [0, 0.1) is 0 Å². The summed E-state index contributed by atoms with van der Waals surface area (Å²) >= 11 is 0. The number of hydrogen-bond acceptors (Lipinski definition) is 2. The number of para-hydroxylation sites is 3. The van der Waals surface area contributed by atoms with E-state index >= 15 is 0 Å². The molecular weight excluding hydrogens is 236 g/mol. The Hall–Kier alpha value is -2.29. The first-order valence-electron chi connectivity index (χ1n) is 6.53. The Morgan fingerprint density at radius 1 is 1.05 bits per heavy atom. The Balaban J connectivity index is 1.89. The van der Waals surface area contributed by atoms with Crippen molar-refractivity contribution >= 4 is 11.0 Å². The van der Waals surface area contributed by atoms with E-state index in [0.29, 0.717) is 0 Å². The lowest BCUT2D eigenvalue weighted by molar-refractivity contribution is 0.192. The van der Waals surface area contributed by atoms with E-state index in [1.54, 1.807) is 0 Å². The SMILES string of the molecule is CCC(Oc1ccccc1)c1nc2ccccc2[nH]1. The number of nitrogens with zero attached hydrogens (tertiary/aromatic N) is 1. The van der Waals surface area contributed by atoms with Gasteiger partial charge in [0.1, 0.15) is 11.6 Å². The average Bonchev–Trinajstić information content (AvgIpc) is 2.89. The zero-order valence-corrected chi connectivity index (χ0v) is 10.8. The first kappa shape index (κ1) is 11.8. The minimum absolute atomic E-state index is 0.0465. The van der Waals surface area contributed by atoms with Crippen molar-refractivity contribution in [1.82, 2.24) is 9.97 Å². The summed E-state index contributed by atoms with van der Waals surface area (Å²) in [6, 6.07) is 17.9. The normalized spacial score (nSPS) is 12.5. The highest BCUT2D eigenvalue weighted by Gasteiger charge is 2.15. The van der Waals surface area contributed by atoms with E-state index < -0.39 is 0 Å². The quantitative estimate of drug-likeness (QED) is 0.759. The van der Waals surface area contributed by atoms with Gasteiger partial charge in [-0.15, -0.1) is 0 Å². The van der Waals surface area contributed by atoms with Crippen LogP contribution < -0.4 is 4.74 Å². The maximum absolute atomic E-state index is 5.99. The van der Waals surface area contributed by atoms with E-state index in [0.717, 1.165) is 29.0 Å². The number of aromatic amines is 1. The monoisotopic (exact) mass is 252 g/mol. The van der Waals surface area contributed by atoms with Crippen molar-refractivity contribution < 1.29 is 4.74 Å². The van der Waals surface area contributed by atoms with E-state index in [9.17, 15) is 0 Å². The number of aromatic nitrogens is 2. The number of imidazole rings is 1. The van der Waals surface area contributed by atoms with Gasteiger partial charge >= 0.3 is 0 Å². The van der Waals surface area contributed by atoms with Crippen molar-refractivity contribution in [2.45, 2.75) is 19.4 Å². The molecule has 3 nitrogen and oxygen atoms in total. The van der Waals surface area contributed by atoms with Crippen molar-refractivity contribution in [3.63, 3.8) is 0 Å². The van der Waals surface area contributed by atoms with Crippen LogP contribution in [0.3, 0.4) is 0 Å². The van der Waals surface area contributed by atoms with Gasteiger partial charge in [0.25, 0.3) is 0 Å². The molecule has 0 saturated carbocycles. The molecule has 0 saturated heterocycles. The fourth-order valence-corrected chi connectivity index (χ4v) is 2.12. The summed E-state index contributed by atoms with van der Waals surface area (Å²) in [5.74, 6) is 1.75. The van der Waals surface area contributed by atoms with Gasteiger partial charge in [-0.25, -0.2) is 4.98 Å². The fourth-order valence-electron chi connectivity index (χ4n) is 2.12. The summed E-state index contributed by atoms with van der Waals surface area (Å²) < 4.78 is 5.99. The molecule has 0 aliphatic carbocycles. The van der Waals surface area contributed by atoms with Gasteiger partial charge in [-0.1, -0.05) is 37.3 Å². The number of benzene rings is 2. The number of H-pyrrole nitrogens is 1. The molecule has 1 unspecified atom stereocenters. The zero-order chi connectivity index (χ0) is 13.1. The highest BCUT2D eigenvalue weighted by Crippen LogP contribution is 2.24. The molecule has 1 N–H and O–H groups in total. The van der Waals surface area contributed by atoms with Gasteiger partial charge < -0.3 is 9.72 Å². The summed E-state index contributed by atoms with van der Waals surface area (Å²) in [5.41, 5.74) is 2.03. The van der Waals surface area contributed by atoms with E-state index in [1.807, 2.05) is 54.6 Å². The molecule has 0 spiro atoms. The summed E-state index contributed by atoms with van der Waals surface area (Å²) in [7, 11) is 0. The third-order valence-corrected chi connectivity index (χ3v) is 3.11. The second kappa shape index (κ2) is 5.14. The Labute approximate surface area is 112 Å². The van der Waals surface area contributed by atoms with Gasteiger partial charge in [-0.3, -0.25) is 0 Å². The summed E-state index contributed by atoms with van der Waals surface area (Å²) in [6.07, 6.45) is 0.823. The van der Waals surface area contributed by atoms with Crippen LogP contribution in [0.2, 0.25) is 0 Å². The summed E-state index contributed by atoms with van der Waals surface area (Å²) in [5, 5.41) is 0. The molecule has 96 valence electrons. The Kier molecular flexibility index (Phi) is 3.19. The van der Waals surface area contributed by atoms with Gasteiger partial charge in [0, 0.05) is 0 Å². The number of hydrogen-bond donors (Lipinski definition) is 1. The number of rotatable bonds is 4. The van der Waals surface area contributed by atoms with E-state index in [2.05, 4.69) is 16.9 Å². The summed E-state index contributed by atoms with van der Waals surface area (Å²) in [4.78, 5) is 7.93. The molecule has 2 aromatic carbocycles. The van der Waals surface area contributed by atoms with Crippen LogP contribution >= 0.6 is 0 Å². The van der Waals surface area contributed by atoms with E-state index in [-0.39, 0.29) is 6.10 Å². The minimum Gasteiger partial charge on any atom is -0.483 e. The third-order valence-electron chi connectivity index (χ3n) is 3.11. The van der Waals surface area contributed by atoms with Crippen LogP contribution in [0.1, 0.15) is 25.3 Å². The van der Waals surface area contributed by atoms with Gasteiger partial charge in [-0.05, 0) is 30.7 Å². The molecule has 3 aromatic rings. The van der Waals surface area contributed by atoms with Crippen LogP contribution in [0.25, 0.3) is 11.0 Å². The lowest BCUT2D eigenvalue weighted by Gasteiger charge is -2.15.